The summed E-state index contributed by atoms with van der Waals surface area (Å²) < 4.78 is 0. The Morgan fingerprint density at radius 3 is 2.81 bits per heavy atom. The molecule has 4 nitrogen and oxygen atoms in total. The quantitative estimate of drug-likeness (QED) is 0.944. The van der Waals surface area contributed by atoms with Crippen molar-refractivity contribution in [2.24, 2.45) is 5.92 Å². The molecule has 0 radical (unpaired) electrons. The topological polar surface area (TPSA) is 53.4 Å². The predicted octanol–water partition coefficient (Wildman–Crippen LogP) is 3.10. The molecule has 1 aliphatic rings. The number of hydrogen-bond acceptors (Lipinski definition) is 5. The number of carbonyl (C=O) groups excluding carboxylic acids is 1. The molecule has 1 aliphatic heterocycles. The molecule has 2 aromatic rings. The van der Waals surface area contributed by atoms with E-state index >= 15 is 0 Å². The molecule has 0 saturated carbocycles. The van der Waals surface area contributed by atoms with Crippen molar-refractivity contribution in [3.8, 4) is 9.88 Å². The van der Waals surface area contributed by atoms with Crippen LogP contribution < -0.4 is 0 Å². The van der Waals surface area contributed by atoms with Crippen LogP contribution in [0, 0.1) is 5.92 Å². The van der Waals surface area contributed by atoms with Crippen LogP contribution in [0.3, 0.4) is 0 Å². The highest BCUT2D eigenvalue weighted by Crippen LogP contribution is 2.29. The van der Waals surface area contributed by atoms with E-state index in [1.165, 1.54) is 11.3 Å². The molecule has 1 fully saturated rings. The Morgan fingerprint density at radius 1 is 1.43 bits per heavy atom. The van der Waals surface area contributed by atoms with Gasteiger partial charge in [0.15, 0.2) is 0 Å². The number of likely N-dealkylation sites (tertiary alicyclic amines) is 1. The molecule has 112 valence electrons. The number of thiazole rings is 1. The van der Waals surface area contributed by atoms with Crippen LogP contribution in [0.15, 0.2) is 22.9 Å². The molecule has 1 unspecified atom stereocenters. The van der Waals surface area contributed by atoms with E-state index in [1.54, 1.807) is 11.3 Å². The number of aromatic nitrogens is 1. The maximum atomic E-state index is 12.5. The van der Waals surface area contributed by atoms with Crippen molar-refractivity contribution in [1.29, 1.82) is 0 Å². The minimum atomic E-state index is -0.285. The van der Waals surface area contributed by atoms with E-state index in [9.17, 15) is 9.90 Å². The second kappa shape index (κ2) is 6.25. The summed E-state index contributed by atoms with van der Waals surface area (Å²) in [5.74, 6) is 0.323. The van der Waals surface area contributed by atoms with Gasteiger partial charge in [0.05, 0.1) is 11.0 Å². The zero-order valence-electron chi connectivity index (χ0n) is 11.9. The molecule has 0 bridgehead atoms. The van der Waals surface area contributed by atoms with Gasteiger partial charge in [-0.05, 0) is 37.1 Å². The zero-order valence-corrected chi connectivity index (χ0v) is 13.5. The lowest BCUT2D eigenvalue weighted by Gasteiger charge is -2.32. The lowest BCUT2D eigenvalue weighted by atomic mass is 9.92. The van der Waals surface area contributed by atoms with Gasteiger partial charge < -0.3 is 10.0 Å². The number of nitrogens with zero attached hydrogens (tertiary/aromatic N) is 2. The number of aliphatic hydroxyl groups is 1. The van der Waals surface area contributed by atoms with Crippen molar-refractivity contribution in [3.05, 3.63) is 28.6 Å². The van der Waals surface area contributed by atoms with Crippen LogP contribution in [-0.4, -0.2) is 40.1 Å². The Labute approximate surface area is 132 Å². The maximum absolute atomic E-state index is 12.5. The van der Waals surface area contributed by atoms with Crippen LogP contribution in [0.4, 0.5) is 0 Å². The normalized spacial score (nSPS) is 17.9. The Balaban J connectivity index is 1.66. The van der Waals surface area contributed by atoms with Gasteiger partial charge in [0.25, 0.3) is 5.91 Å². The standard InChI is InChI=1S/C15H18N2O2S2/c1-10(18)11-4-6-17(7-5-11)15(19)12-9-21-14(16-12)13-3-2-8-20-13/h2-3,8-11,18H,4-7H2,1H3. The molecule has 21 heavy (non-hydrogen) atoms. The third-order valence-corrected chi connectivity index (χ3v) is 5.85. The van der Waals surface area contributed by atoms with Gasteiger partial charge in [-0.15, -0.1) is 22.7 Å². The van der Waals surface area contributed by atoms with Gasteiger partial charge in [-0.1, -0.05) is 6.07 Å². The summed E-state index contributed by atoms with van der Waals surface area (Å²) in [5, 5.41) is 14.4. The van der Waals surface area contributed by atoms with Crippen molar-refractivity contribution in [3.63, 3.8) is 0 Å². The number of aliphatic hydroxyl groups excluding tert-OH is 1. The average Bonchev–Trinajstić information content (AvgIpc) is 3.17. The van der Waals surface area contributed by atoms with Crippen LogP contribution in [0.2, 0.25) is 0 Å². The summed E-state index contributed by atoms with van der Waals surface area (Å²) >= 11 is 3.15. The summed E-state index contributed by atoms with van der Waals surface area (Å²) in [6.45, 7) is 3.25. The lowest BCUT2D eigenvalue weighted by Crippen LogP contribution is -2.40. The van der Waals surface area contributed by atoms with Crippen LogP contribution >= 0.6 is 22.7 Å². The van der Waals surface area contributed by atoms with Gasteiger partial charge in [0, 0.05) is 18.5 Å². The van der Waals surface area contributed by atoms with E-state index in [0.717, 1.165) is 22.7 Å². The highest BCUT2D eigenvalue weighted by atomic mass is 32.1. The molecular formula is C15H18N2O2S2. The van der Waals surface area contributed by atoms with Gasteiger partial charge in [-0.3, -0.25) is 4.79 Å². The molecule has 1 saturated heterocycles. The van der Waals surface area contributed by atoms with Crippen molar-refractivity contribution >= 4 is 28.6 Å². The maximum Gasteiger partial charge on any atom is 0.273 e. The van der Waals surface area contributed by atoms with Gasteiger partial charge in [-0.25, -0.2) is 4.98 Å². The van der Waals surface area contributed by atoms with Gasteiger partial charge in [0.1, 0.15) is 10.7 Å². The molecule has 3 heterocycles. The number of amides is 1. The molecular weight excluding hydrogens is 304 g/mol. The van der Waals surface area contributed by atoms with Gasteiger partial charge in [0.2, 0.25) is 0 Å². The van der Waals surface area contributed by atoms with Gasteiger partial charge in [-0.2, -0.15) is 0 Å². The minimum absolute atomic E-state index is 0.0121. The Bertz CT molecular complexity index is 599. The van der Waals surface area contributed by atoms with Crippen LogP contribution in [0.25, 0.3) is 9.88 Å². The highest BCUT2D eigenvalue weighted by Gasteiger charge is 2.27. The fourth-order valence-corrected chi connectivity index (χ4v) is 4.24. The smallest absolute Gasteiger partial charge is 0.273 e. The van der Waals surface area contributed by atoms with E-state index in [4.69, 9.17) is 0 Å². The molecule has 3 rings (SSSR count). The van der Waals surface area contributed by atoms with Gasteiger partial charge >= 0.3 is 0 Å². The molecule has 0 aliphatic carbocycles. The third-order valence-electron chi connectivity index (χ3n) is 3.96. The third kappa shape index (κ3) is 3.17. The molecule has 0 spiro atoms. The molecule has 2 aromatic heterocycles. The van der Waals surface area contributed by atoms with Crippen molar-refractivity contribution in [1.82, 2.24) is 9.88 Å². The summed E-state index contributed by atoms with van der Waals surface area (Å²) in [5.41, 5.74) is 0.541. The Hall–Kier alpha value is -1.24. The monoisotopic (exact) mass is 322 g/mol. The predicted molar refractivity (Wildman–Crippen MR) is 85.7 cm³/mol. The summed E-state index contributed by atoms with van der Waals surface area (Å²) in [7, 11) is 0. The molecule has 1 N–H and O–H groups in total. The average molecular weight is 322 g/mol. The SMILES string of the molecule is CC(O)C1CCN(C(=O)c2csc(-c3cccs3)n2)CC1. The summed E-state index contributed by atoms with van der Waals surface area (Å²) in [6, 6.07) is 4.01. The first-order valence-electron chi connectivity index (χ1n) is 7.12. The van der Waals surface area contributed by atoms with Crippen molar-refractivity contribution < 1.29 is 9.90 Å². The Morgan fingerprint density at radius 2 is 2.19 bits per heavy atom. The fourth-order valence-electron chi connectivity index (χ4n) is 2.63. The number of thiophene rings is 1. The zero-order chi connectivity index (χ0) is 14.8. The minimum Gasteiger partial charge on any atom is -0.393 e. The number of carbonyl (C=O) groups is 1. The largest absolute Gasteiger partial charge is 0.393 e. The van der Waals surface area contributed by atoms with Crippen molar-refractivity contribution in [2.45, 2.75) is 25.9 Å². The number of hydrogen-bond donors (Lipinski definition) is 1. The molecule has 0 aromatic carbocycles. The van der Waals surface area contributed by atoms with E-state index in [0.29, 0.717) is 24.7 Å². The van der Waals surface area contributed by atoms with E-state index < -0.39 is 0 Å². The fraction of sp³-hybridized carbons (Fsp3) is 0.467. The van der Waals surface area contributed by atoms with Crippen molar-refractivity contribution in [2.75, 3.05) is 13.1 Å². The van der Waals surface area contributed by atoms with Crippen LogP contribution in [0.1, 0.15) is 30.3 Å². The first-order chi connectivity index (χ1) is 10.1. The van der Waals surface area contributed by atoms with Crippen LogP contribution in [0.5, 0.6) is 0 Å². The second-order valence-electron chi connectivity index (χ2n) is 5.39. The lowest BCUT2D eigenvalue weighted by molar-refractivity contribution is 0.0518. The molecule has 1 atom stereocenters. The number of rotatable bonds is 3. The second-order valence-corrected chi connectivity index (χ2v) is 7.19. The first-order valence-corrected chi connectivity index (χ1v) is 8.88. The summed E-state index contributed by atoms with van der Waals surface area (Å²) in [4.78, 5) is 19.9. The Kier molecular flexibility index (Phi) is 4.37. The highest BCUT2D eigenvalue weighted by molar-refractivity contribution is 7.20. The number of piperidine rings is 1. The first kappa shape index (κ1) is 14.7. The molecule has 1 amide bonds. The van der Waals surface area contributed by atoms with E-state index in [-0.39, 0.29) is 12.0 Å². The van der Waals surface area contributed by atoms with Crippen LogP contribution in [-0.2, 0) is 0 Å². The van der Waals surface area contributed by atoms with E-state index in [2.05, 4.69) is 4.98 Å². The molecule has 6 heteroatoms. The summed E-state index contributed by atoms with van der Waals surface area (Å²) in [6.07, 6.45) is 1.45. The van der Waals surface area contributed by atoms with E-state index in [1.807, 2.05) is 34.7 Å².